The first-order valence-corrected chi connectivity index (χ1v) is 12.2. The van der Waals surface area contributed by atoms with Crippen LogP contribution in [0.5, 0.6) is 5.75 Å². The number of phenols is 1. The first-order valence-electron chi connectivity index (χ1n) is 9.15. The molecule has 3 N–H and O–H groups in total. The summed E-state index contributed by atoms with van der Waals surface area (Å²) in [4.78, 5) is 12.6. The number of fused-ring (bicyclic) bond motifs is 1. The zero-order chi connectivity index (χ0) is 22.1. The summed E-state index contributed by atoms with van der Waals surface area (Å²) < 4.78 is 28.2. The number of nitrogens with zero attached hydrogens (tertiary/aromatic N) is 1. The summed E-state index contributed by atoms with van der Waals surface area (Å²) in [6, 6.07) is 7.79. The van der Waals surface area contributed by atoms with Crippen LogP contribution in [0, 0.1) is 0 Å². The third-order valence-electron chi connectivity index (χ3n) is 4.58. The summed E-state index contributed by atoms with van der Waals surface area (Å²) in [7, 11) is -3.82. The number of aliphatic hydroxyl groups is 1. The molecule has 1 aliphatic rings. The van der Waals surface area contributed by atoms with Gasteiger partial charge in [-0.1, -0.05) is 6.92 Å². The average Bonchev–Trinajstić information content (AvgIpc) is 3.00. The van der Waals surface area contributed by atoms with E-state index in [-0.39, 0.29) is 36.2 Å². The number of halogens is 2. The maximum Gasteiger partial charge on any atom is 0.256 e. The Bertz CT molecular complexity index is 1100. The summed E-state index contributed by atoms with van der Waals surface area (Å²) in [6.45, 7) is 1.87. The van der Waals surface area contributed by atoms with Crippen LogP contribution in [-0.4, -0.2) is 48.5 Å². The van der Waals surface area contributed by atoms with Gasteiger partial charge in [0.15, 0.2) is 0 Å². The summed E-state index contributed by atoms with van der Waals surface area (Å²) in [5, 5.41) is 21.9. The number of rotatable bonds is 7. The predicted octanol–water partition coefficient (Wildman–Crippen LogP) is 3.80. The van der Waals surface area contributed by atoms with Crippen molar-refractivity contribution in [3.05, 3.63) is 50.4 Å². The van der Waals surface area contributed by atoms with E-state index in [4.69, 9.17) is 0 Å². The summed E-state index contributed by atoms with van der Waals surface area (Å²) in [5.41, 5.74) is 1.95. The predicted molar refractivity (Wildman–Crippen MR) is 123 cm³/mol. The number of hydrogen-bond donors (Lipinski definition) is 3. The number of nitrogens with one attached hydrogen (secondary N) is 1. The van der Waals surface area contributed by atoms with Crippen molar-refractivity contribution in [2.45, 2.75) is 18.2 Å². The zero-order valence-electron chi connectivity index (χ0n) is 16.0. The molecule has 1 aliphatic heterocycles. The van der Waals surface area contributed by atoms with Crippen molar-refractivity contribution in [2.75, 3.05) is 25.0 Å². The minimum atomic E-state index is -3.82. The lowest BCUT2D eigenvalue weighted by Crippen LogP contribution is -2.34. The van der Waals surface area contributed by atoms with Crippen LogP contribution < -0.4 is 5.32 Å². The lowest BCUT2D eigenvalue weighted by molar-refractivity contribution is -0.110. The molecule has 0 saturated heterocycles. The van der Waals surface area contributed by atoms with Crippen LogP contribution in [-0.2, 0) is 14.8 Å². The van der Waals surface area contributed by atoms with Gasteiger partial charge in [0, 0.05) is 29.9 Å². The van der Waals surface area contributed by atoms with Gasteiger partial charge in [0.25, 0.3) is 5.91 Å². The highest BCUT2D eigenvalue weighted by atomic mass is 79.9. The standard InChI is InChI=1S/C20H20Br2N2O5S/c1-2-5-24(6-7-25)30(28,29)13-3-4-18-14(11-13)15(20(27)23-18)8-12-9-16(21)19(26)17(22)10-12/h3-4,8-11,25-26H,2,5-7H2,1H3,(H,23,27). The first-order chi connectivity index (χ1) is 14.2. The summed E-state index contributed by atoms with van der Waals surface area (Å²) in [6.07, 6.45) is 2.24. The molecule has 0 aliphatic carbocycles. The molecule has 1 amide bonds. The molecule has 0 bridgehead atoms. The first kappa shape index (κ1) is 23.0. The number of carbonyl (C=O) groups excluding carboxylic acids is 1. The van der Waals surface area contributed by atoms with Gasteiger partial charge in [0.05, 0.1) is 20.4 Å². The van der Waals surface area contributed by atoms with Crippen LogP contribution in [0.3, 0.4) is 0 Å². The number of benzene rings is 2. The van der Waals surface area contributed by atoms with Gasteiger partial charge in [-0.25, -0.2) is 8.42 Å². The summed E-state index contributed by atoms with van der Waals surface area (Å²) in [5.74, 6) is -0.303. The molecule has 0 aromatic heterocycles. The molecule has 0 atom stereocenters. The van der Waals surface area contributed by atoms with Crippen LogP contribution in [0.4, 0.5) is 5.69 Å². The van der Waals surface area contributed by atoms with Crippen LogP contribution in [0.1, 0.15) is 24.5 Å². The second-order valence-electron chi connectivity index (χ2n) is 6.68. The van der Waals surface area contributed by atoms with E-state index in [1.807, 2.05) is 6.92 Å². The Hall–Kier alpha value is -1.72. The monoisotopic (exact) mass is 558 g/mol. The molecule has 0 spiro atoms. The fraction of sp³-hybridized carbons (Fsp3) is 0.250. The van der Waals surface area contributed by atoms with Gasteiger partial charge in [0.1, 0.15) is 5.75 Å². The molecule has 7 nitrogen and oxygen atoms in total. The van der Waals surface area contributed by atoms with Crippen LogP contribution in [0.25, 0.3) is 11.6 Å². The van der Waals surface area contributed by atoms with Gasteiger partial charge in [-0.2, -0.15) is 4.31 Å². The fourth-order valence-electron chi connectivity index (χ4n) is 3.17. The van der Waals surface area contributed by atoms with Crippen molar-refractivity contribution in [2.24, 2.45) is 0 Å². The van der Waals surface area contributed by atoms with Gasteiger partial charge in [-0.3, -0.25) is 4.79 Å². The Morgan fingerprint density at radius 2 is 1.80 bits per heavy atom. The molecule has 2 aromatic carbocycles. The van der Waals surface area contributed by atoms with Crippen molar-refractivity contribution < 1.29 is 23.4 Å². The Labute approximate surface area is 191 Å². The van der Waals surface area contributed by atoms with E-state index in [0.717, 1.165) is 0 Å². The van der Waals surface area contributed by atoms with Gasteiger partial charge in [-0.05, 0) is 80.3 Å². The summed E-state index contributed by atoms with van der Waals surface area (Å²) >= 11 is 6.52. The molecule has 30 heavy (non-hydrogen) atoms. The van der Waals surface area contributed by atoms with Gasteiger partial charge in [-0.15, -0.1) is 0 Å². The highest BCUT2D eigenvalue weighted by Gasteiger charge is 2.29. The molecular formula is C20H20Br2N2O5S. The average molecular weight is 560 g/mol. The smallest absolute Gasteiger partial charge is 0.256 e. The van der Waals surface area contributed by atoms with E-state index in [0.29, 0.717) is 37.8 Å². The molecule has 0 saturated carbocycles. The van der Waals surface area contributed by atoms with E-state index < -0.39 is 10.0 Å². The van der Waals surface area contributed by atoms with Gasteiger partial charge >= 0.3 is 0 Å². The molecular weight excluding hydrogens is 540 g/mol. The van der Waals surface area contributed by atoms with Crippen molar-refractivity contribution in [1.82, 2.24) is 4.31 Å². The lowest BCUT2D eigenvalue weighted by Gasteiger charge is -2.21. The molecule has 2 aromatic rings. The van der Waals surface area contributed by atoms with Crippen molar-refractivity contribution in [1.29, 1.82) is 0 Å². The van der Waals surface area contributed by atoms with Crippen LogP contribution >= 0.6 is 31.9 Å². The number of phenolic OH excluding ortho intramolecular Hbond substituents is 1. The number of amides is 1. The maximum absolute atomic E-state index is 13.0. The van der Waals surface area contributed by atoms with Crippen molar-refractivity contribution in [3.8, 4) is 5.75 Å². The topological polar surface area (TPSA) is 107 Å². The van der Waals surface area contributed by atoms with E-state index >= 15 is 0 Å². The fourth-order valence-corrected chi connectivity index (χ4v) is 5.94. The van der Waals surface area contributed by atoms with E-state index in [9.17, 15) is 23.4 Å². The van der Waals surface area contributed by atoms with E-state index in [1.165, 1.54) is 16.4 Å². The molecule has 0 radical (unpaired) electrons. The third kappa shape index (κ3) is 4.47. The van der Waals surface area contributed by atoms with Crippen molar-refractivity contribution >= 4 is 65.1 Å². The van der Waals surface area contributed by atoms with Crippen LogP contribution in [0.15, 0.2) is 44.2 Å². The SMILES string of the molecule is CCCN(CCO)S(=O)(=O)c1ccc2c(c1)C(=Cc1cc(Br)c(O)c(Br)c1)C(=O)N2. The number of aromatic hydroxyl groups is 1. The van der Waals surface area contributed by atoms with E-state index in [2.05, 4.69) is 37.2 Å². The molecule has 0 fully saturated rings. The number of carbonyl (C=O) groups is 1. The lowest BCUT2D eigenvalue weighted by atomic mass is 10.0. The quantitative estimate of drug-likeness (QED) is 0.447. The Morgan fingerprint density at radius 3 is 2.40 bits per heavy atom. The van der Waals surface area contributed by atoms with Crippen molar-refractivity contribution in [3.63, 3.8) is 0 Å². The Kier molecular flexibility index (Phi) is 7.03. The molecule has 0 unspecified atom stereocenters. The van der Waals surface area contributed by atoms with E-state index in [1.54, 1.807) is 24.3 Å². The third-order valence-corrected chi connectivity index (χ3v) is 7.69. The Morgan fingerprint density at radius 1 is 1.13 bits per heavy atom. The number of aliphatic hydroxyl groups excluding tert-OH is 1. The maximum atomic E-state index is 13.0. The molecule has 1 heterocycles. The minimum Gasteiger partial charge on any atom is -0.506 e. The Balaban J connectivity index is 2.07. The number of hydrogen-bond acceptors (Lipinski definition) is 5. The highest BCUT2D eigenvalue weighted by Crippen LogP contribution is 2.38. The van der Waals surface area contributed by atoms with Crippen LogP contribution in [0.2, 0.25) is 0 Å². The zero-order valence-corrected chi connectivity index (χ0v) is 20.0. The molecule has 160 valence electrons. The number of sulfonamides is 1. The molecule has 10 heteroatoms. The molecule has 3 rings (SSSR count). The minimum absolute atomic E-state index is 0.00268. The number of anilines is 1. The van der Waals surface area contributed by atoms with Gasteiger partial charge in [0.2, 0.25) is 10.0 Å². The second-order valence-corrected chi connectivity index (χ2v) is 10.3. The highest BCUT2D eigenvalue weighted by molar-refractivity contribution is 9.11. The second kappa shape index (κ2) is 9.19. The normalized spacial score (nSPS) is 15.0. The van der Waals surface area contributed by atoms with Gasteiger partial charge < -0.3 is 15.5 Å². The largest absolute Gasteiger partial charge is 0.506 e.